The number of pyridine rings is 1. The van der Waals surface area contributed by atoms with Gasteiger partial charge >= 0.3 is 0 Å². The Morgan fingerprint density at radius 2 is 1.84 bits per heavy atom. The number of nitrogens with two attached hydrogens (primary N) is 1. The highest BCUT2D eigenvalue weighted by molar-refractivity contribution is 5.61. The van der Waals surface area contributed by atoms with E-state index in [1.807, 2.05) is 18.2 Å². The molecule has 0 saturated carbocycles. The molecule has 0 aliphatic carbocycles. The van der Waals surface area contributed by atoms with Crippen molar-refractivity contribution in [3.63, 3.8) is 0 Å². The molecular formula is C14H17N5. The highest BCUT2D eigenvalue weighted by Gasteiger charge is 2.17. The highest BCUT2D eigenvalue weighted by Crippen LogP contribution is 2.22. The molecule has 19 heavy (non-hydrogen) atoms. The van der Waals surface area contributed by atoms with Crippen molar-refractivity contribution in [2.45, 2.75) is 18.9 Å². The summed E-state index contributed by atoms with van der Waals surface area (Å²) in [6.45, 7) is 1.93. The number of hydrogen-bond acceptors (Lipinski definition) is 5. The molecule has 2 N–H and O–H groups in total. The summed E-state index contributed by atoms with van der Waals surface area (Å²) in [5, 5.41) is 0. The Labute approximate surface area is 112 Å². The van der Waals surface area contributed by atoms with Crippen LogP contribution in [-0.4, -0.2) is 34.1 Å². The molecule has 1 aliphatic heterocycles. The Bertz CT molecular complexity index is 535. The van der Waals surface area contributed by atoms with Crippen molar-refractivity contribution in [3.8, 4) is 11.3 Å². The molecule has 3 rings (SSSR count). The van der Waals surface area contributed by atoms with E-state index in [9.17, 15) is 0 Å². The van der Waals surface area contributed by atoms with Crippen LogP contribution in [-0.2, 0) is 0 Å². The van der Waals surface area contributed by atoms with E-state index in [1.165, 1.54) is 0 Å². The first kappa shape index (κ1) is 12.0. The molecule has 2 aromatic heterocycles. The van der Waals surface area contributed by atoms with Crippen molar-refractivity contribution < 1.29 is 0 Å². The molecule has 2 aromatic rings. The molecule has 0 bridgehead atoms. The highest BCUT2D eigenvalue weighted by atomic mass is 15.2. The molecule has 1 saturated heterocycles. The number of rotatable bonds is 2. The fourth-order valence-corrected chi connectivity index (χ4v) is 2.33. The predicted molar refractivity (Wildman–Crippen MR) is 74.7 cm³/mol. The standard InChI is InChI=1S/C14H17N5/c15-12-3-7-19(8-4-12)14-9-13(17-10-18-14)11-1-5-16-6-2-11/h1-2,5-6,9-10,12H,3-4,7-8,15H2. The first-order valence-corrected chi connectivity index (χ1v) is 6.56. The van der Waals surface area contributed by atoms with E-state index in [0.717, 1.165) is 43.0 Å². The van der Waals surface area contributed by atoms with Gasteiger partial charge in [-0.3, -0.25) is 4.98 Å². The third-order valence-electron chi connectivity index (χ3n) is 3.49. The van der Waals surface area contributed by atoms with Gasteiger partial charge in [-0.15, -0.1) is 0 Å². The zero-order chi connectivity index (χ0) is 13.1. The van der Waals surface area contributed by atoms with E-state index in [2.05, 4.69) is 19.9 Å². The summed E-state index contributed by atoms with van der Waals surface area (Å²) in [5.74, 6) is 0.980. The van der Waals surface area contributed by atoms with Crippen LogP contribution in [0.3, 0.4) is 0 Å². The van der Waals surface area contributed by atoms with Crippen LogP contribution in [0.15, 0.2) is 36.9 Å². The number of aromatic nitrogens is 3. The lowest BCUT2D eigenvalue weighted by molar-refractivity contribution is 0.498. The Morgan fingerprint density at radius 1 is 1.11 bits per heavy atom. The van der Waals surface area contributed by atoms with Crippen molar-refractivity contribution in [3.05, 3.63) is 36.9 Å². The van der Waals surface area contributed by atoms with Gasteiger partial charge in [-0.25, -0.2) is 9.97 Å². The van der Waals surface area contributed by atoms with Gasteiger partial charge in [-0.1, -0.05) is 0 Å². The molecule has 0 unspecified atom stereocenters. The predicted octanol–water partition coefficient (Wildman–Crippen LogP) is 1.47. The van der Waals surface area contributed by atoms with E-state index >= 15 is 0 Å². The zero-order valence-electron chi connectivity index (χ0n) is 10.7. The van der Waals surface area contributed by atoms with Gasteiger partial charge in [0.05, 0.1) is 5.69 Å². The normalized spacial score (nSPS) is 16.6. The summed E-state index contributed by atoms with van der Waals surface area (Å²) in [6, 6.07) is 6.28. The second-order valence-electron chi connectivity index (χ2n) is 4.82. The van der Waals surface area contributed by atoms with E-state index in [-0.39, 0.29) is 0 Å². The van der Waals surface area contributed by atoms with E-state index in [4.69, 9.17) is 5.73 Å². The molecule has 5 heteroatoms. The number of anilines is 1. The van der Waals surface area contributed by atoms with Crippen LogP contribution in [0.25, 0.3) is 11.3 Å². The molecular weight excluding hydrogens is 238 g/mol. The van der Waals surface area contributed by atoms with Crippen molar-refractivity contribution in [1.82, 2.24) is 15.0 Å². The molecule has 0 amide bonds. The summed E-state index contributed by atoms with van der Waals surface area (Å²) < 4.78 is 0. The molecule has 1 aliphatic rings. The van der Waals surface area contributed by atoms with E-state index < -0.39 is 0 Å². The minimum atomic E-state index is 0.331. The van der Waals surface area contributed by atoms with Crippen LogP contribution in [0.4, 0.5) is 5.82 Å². The fourth-order valence-electron chi connectivity index (χ4n) is 2.33. The van der Waals surface area contributed by atoms with Gasteiger partial charge in [0.15, 0.2) is 0 Å². The Morgan fingerprint density at radius 3 is 2.58 bits per heavy atom. The molecule has 1 fully saturated rings. The van der Waals surface area contributed by atoms with Crippen LogP contribution >= 0.6 is 0 Å². The smallest absolute Gasteiger partial charge is 0.132 e. The summed E-state index contributed by atoms with van der Waals surface area (Å²) in [7, 11) is 0. The van der Waals surface area contributed by atoms with Gasteiger partial charge in [0.25, 0.3) is 0 Å². The minimum absolute atomic E-state index is 0.331. The van der Waals surface area contributed by atoms with Crippen molar-refractivity contribution >= 4 is 5.82 Å². The SMILES string of the molecule is NC1CCN(c2cc(-c3ccncc3)ncn2)CC1. The monoisotopic (exact) mass is 255 g/mol. The maximum absolute atomic E-state index is 5.93. The summed E-state index contributed by atoms with van der Waals surface area (Å²) in [6.07, 6.45) is 7.22. The third-order valence-corrected chi connectivity index (χ3v) is 3.49. The van der Waals surface area contributed by atoms with Crippen LogP contribution in [0, 0.1) is 0 Å². The lowest BCUT2D eigenvalue weighted by atomic mass is 10.1. The lowest BCUT2D eigenvalue weighted by Gasteiger charge is -2.31. The maximum Gasteiger partial charge on any atom is 0.132 e. The quantitative estimate of drug-likeness (QED) is 0.880. The van der Waals surface area contributed by atoms with Gasteiger partial charge in [0.2, 0.25) is 0 Å². The third kappa shape index (κ3) is 2.71. The lowest BCUT2D eigenvalue weighted by Crippen LogP contribution is -2.40. The molecule has 0 radical (unpaired) electrons. The van der Waals surface area contributed by atoms with Gasteiger partial charge in [0.1, 0.15) is 12.1 Å². The maximum atomic E-state index is 5.93. The van der Waals surface area contributed by atoms with E-state index in [0.29, 0.717) is 6.04 Å². The van der Waals surface area contributed by atoms with Crippen molar-refractivity contribution in [1.29, 1.82) is 0 Å². The van der Waals surface area contributed by atoms with Gasteiger partial charge in [-0.2, -0.15) is 0 Å². The Hall–Kier alpha value is -2.01. The van der Waals surface area contributed by atoms with Crippen molar-refractivity contribution in [2.24, 2.45) is 5.73 Å². The summed E-state index contributed by atoms with van der Waals surface area (Å²) >= 11 is 0. The van der Waals surface area contributed by atoms with Crippen LogP contribution < -0.4 is 10.6 Å². The van der Waals surface area contributed by atoms with Crippen LogP contribution in [0.2, 0.25) is 0 Å². The molecule has 0 spiro atoms. The Kier molecular flexibility index (Phi) is 3.37. The van der Waals surface area contributed by atoms with Crippen LogP contribution in [0.5, 0.6) is 0 Å². The fraction of sp³-hybridized carbons (Fsp3) is 0.357. The largest absolute Gasteiger partial charge is 0.356 e. The number of hydrogen-bond donors (Lipinski definition) is 1. The molecule has 98 valence electrons. The molecule has 5 nitrogen and oxygen atoms in total. The van der Waals surface area contributed by atoms with Crippen LogP contribution in [0.1, 0.15) is 12.8 Å². The Balaban J connectivity index is 1.84. The topological polar surface area (TPSA) is 67.9 Å². The molecule has 0 aromatic carbocycles. The number of nitrogens with zero attached hydrogens (tertiary/aromatic N) is 4. The summed E-state index contributed by atoms with van der Waals surface area (Å²) in [4.78, 5) is 15.0. The van der Waals surface area contributed by atoms with Crippen molar-refractivity contribution in [2.75, 3.05) is 18.0 Å². The second kappa shape index (κ2) is 5.32. The second-order valence-corrected chi connectivity index (χ2v) is 4.82. The average molecular weight is 255 g/mol. The molecule has 3 heterocycles. The van der Waals surface area contributed by atoms with Gasteiger partial charge in [0, 0.05) is 43.2 Å². The minimum Gasteiger partial charge on any atom is -0.356 e. The first-order valence-electron chi connectivity index (χ1n) is 6.56. The van der Waals surface area contributed by atoms with Gasteiger partial charge in [-0.05, 0) is 25.0 Å². The van der Waals surface area contributed by atoms with E-state index in [1.54, 1.807) is 18.7 Å². The average Bonchev–Trinajstić information content (AvgIpc) is 2.49. The molecule has 0 atom stereocenters. The first-order chi connectivity index (χ1) is 9.33. The zero-order valence-corrected chi connectivity index (χ0v) is 10.7. The summed E-state index contributed by atoms with van der Waals surface area (Å²) in [5.41, 5.74) is 7.92. The van der Waals surface area contributed by atoms with Gasteiger partial charge < -0.3 is 10.6 Å². The number of piperidine rings is 1.